The summed E-state index contributed by atoms with van der Waals surface area (Å²) in [5.41, 5.74) is 0.559. The first-order valence-electron chi connectivity index (χ1n) is 6.54. The summed E-state index contributed by atoms with van der Waals surface area (Å²) in [7, 11) is 0. The van der Waals surface area contributed by atoms with Gasteiger partial charge >= 0.3 is 0 Å². The molecule has 0 fully saturated rings. The van der Waals surface area contributed by atoms with Crippen molar-refractivity contribution >= 4 is 29.0 Å². The highest BCUT2D eigenvalue weighted by Gasteiger charge is 2.28. The standard InChI is InChI=1S/C16H19Cl2NO/c1-10(16(2,3)4)7-15(20)13(9-19)12-6-5-11(17)8-14(12)18/h5-6,8,10,13H,7H2,1-4H3. The summed E-state index contributed by atoms with van der Waals surface area (Å²) in [6.07, 6.45) is 0.362. The molecule has 0 aliphatic rings. The zero-order valence-electron chi connectivity index (χ0n) is 12.2. The second-order valence-electron chi connectivity index (χ2n) is 6.17. The molecule has 1 aromatic carbocycles. The fourth-order valence-electron chi connectivity index (χ4n) is 1.78. The van der Waals surface area contributed by atoms with Gasteiger partial charge in [-0.1, -0.05) is 57.0 Å². The van der Waals surface area contributed by atoms with Gasteiger partial charge in [0.2, 0.25) is 0 Å². The van der Waals surface area contributed by atoms with Crippen LogP contribution in [-0.4, -0.2) is 5.78 Å². The average Bonchev–Trinajstić information content (AvgIpc) is 2.31. The smallest absolute Gasteiger partial charge is 0.154 e. The summed E-state index contributed by atoms with van der Waals surface area (Å²) in [6, 6.07) is 6.91. The molecule has 0 N–H and O–H groups in total. The van der Waals surface area contributed by atoms with Gasteiger partial charge in [0.15, 0.2) is 5.78 Å². The number of hydrogen-bond donors (Lipinski definition) is 0. The van der Waals surface area contributed by atoms with E-state index in [1.54, 1.807) is 18.2 Å². The molecule has 20 heavy (non-hydrogen) atoms. The fourth-order valence-corrected chi connectivity index (χ4v) is 2.29. The summed E-state index contributed by atoms with van der Waals surface area (Å²) >= 11 is 11.9. The largest absolute Gasteiger partial charge is 0.298 e. The number of Topliss-reactive ketones (excluding diaryl/α,β-unsaturated/α-hetero) is 1. The first kappa shape index (κ1) is 17.0. The van der Waals surface area contributed by atoms with Crippen LogP contribution in [0.4, 0.5) is 0 Å². The van der Waals surface area contributed by atoms with Gasteiger partial charge in [0.05, 0.1) is 6.07 Å². The minimum atomic E-state index is -0.829. The Bertz CT molecular complexity index is 540. The Kier molecular flexibility index (Phi) is 5.62. The molecule has 0 aliphatic heterocycles. The quantitative estimate of drug-likeness (QED) is 0.762. The fraction of sp³-hybridized carbons (Fsp3) is 0.500. The van der Waals surface area contributed by atoms with E-state index in [-0.39, 0.29) is 17.1 Å². The summed E-state index contributed by atoms with van der Waals surface area (Å²) in [5, 5.41) is 10.2. The molecule has 0 saturated carbocycles. The number of ketones is 1. The third-order valence-electron chi connectivity index (χ3n) is 3.71. The molecule has 0 aliphatic carbocycles. The Morgan fingerprint density at radius 3 is 2.40 bits per heavy atom. The molecular weight excluding hydrogens is 293 g/mol. The first-order valence-corrected chi connectivity index (χ1v) is 7.29. The van der Waals surface area contributed by atoms with Crippen LogP contribution in [0.15, 0.2) is 18.2 Å². The molecule has 0 aromatic heterocycles. The second kappa shape index (κ2) is 6.61. The second-order valence-corrected chi connectivity index (χ2v) is 7.01. The SMILES string of the molecule is CC(CC(=O)C(C#N)c1ccc(Cl)cc1Cl)C(C)(C)C. The molecule has 2 nitrogen and oxygen atoms in total. The van der Waals surface area contributed by atoms with Gasteiger partial charge in [-0.2, -0.15) is 5.26 Å². The van der Waals surface area contributed by atoms with Crippen LogP contribution >= 0.6 is 23.2 Å². The lowest BCUT2D eigenvalue weighted by Gasteiger charge is -2.27. The molecule has 0 amide bonds. The predicted molar refractivity (Wildman–Crippen MR) is 83.1 cm³/mol. The van der Waals surface area contributed by atoms with Gasteiger partial charge in [-0.05, 0) is 29.0 Å². The van der Waals surface area contributed by atoms with Gasteiger partial charge in [-0.25, -0.2) is 0 Å². The number of hydrogen-bond acceptors (Lipinski definition) is 2. The van der Waals surface area contributed by atoms with Gasteiger partial charge in [0.1, 0.15) is 5.92 Å². The lowest BCUT2D eigenvalue weighted by Crippen LogP contribution is -2.23. The number of carbonyl (C=O) groups is 1. The van der Waals surface area contributed by atoms with Crippen LogP contribution in [0.3, 0.4) is 0 Å². The zero-order chi connectivity index (χ0) is 15.5. The Morgan fingerprint density at radius 1 is 1.35 bits per heavy atom. The summed E-state index contributed by atoms with van der Waals surface area (Å²) in [5.74, 6) is -0.736. The van der Waals surface area contributed by atoms with Crippen LogP contribution in [-0.2, 0) is 4.79 Å². The van der Waals surface area contributed by atoms with Crippen molar-refractivity contribution in [2.24, 2.45) is 11.3 Å². The minimum Gasteiger partial charge on any atom is -0.298 e. The van der Waals surface area contributed by atoms with Crippen LogP contribution in [0.5, 0.6) is 0 Å². The third kappa shape index (κ3) is 4.23. The van der Waals surface area contributed by atoms with E-state index in [4.69, 9.17) is 23.2 Å². The van der Waals surface area contributed by atoms with Crippen molar-refractivity contribution in [3.63, 3.8) is 0 Å². The van der Waals surface area contributed by atoms with Crippen LogP contribution in [0.2, 0.25) is 10.0 Å². The molecule has 2 unspecified atom stereocenters. The lowest BCUT2D eigenvalue weighted by atomic mass is 9.77. The maximum atomic E-state index is 12.4. The van der Waals surface area contributed by atoms with Gasteiger partial charge in [-0.15, -0.1) is 0 Å². The van der Waals surface area contributed by atoms with Crippen molar-refractivity contribution in [2.75, 3.05) is 0 Å². The number of benzene rings is 1. The van der Waals surface area contributed by atoms with Crippen molar-refractivity contribution in [3.05, 3.63) is 33.8 Å². The number of rotatable bonds is 4. The molecule has 1 aromatic rings. The van der Waals surface area contributed by atoms with Gasteiger partial charge in [0.25, 0.3) is 0 Å². The summed E-state index contributed by atoms with van der Waals surface area (Å²) in [6.45, 7) is 8.28. The molecule has 0 heterocycles. The van der Waals surface area contributed by atoms with E-state index in [0.717, 1.165) is 0 Å². The number of nitriles is 1. The Balaban J connectivity index is 2.97. The normalized spacial score (nSPS) is 14.4. The predicted octanol–water partition coefficient (Wildman–Crippen LogP) is 5.24. The lowest BCUT2D eigenvalue weighted by molar-refractivity contribution is -0.120. The Hall–Kier alpha value is -1.04. The minimum absolute atomic E-state index is 0.0272. The number of halogens is 2. The van der Waals surface area contributed by atoms with Crippen molar-refractivity contribution in [1.29, 1.82) is 5.26 Å². The molecule has 0 bridgehead atoms. The highest BCUT2D eigenvalue weighted by Crippen LogP contribution is 2.33. The molecule has 0 saturated heterocycles. The van der Waals surface area contributed by atoms with Gasteiger partial charge < -0.3 is 0 Å². The van der Waals surface area contributed by atoms with Crippen LogP contribution < -0.4 is 0 Å². The Morgan fingerprint density at radius 2 is 1.95 bits per heavy atom. The van der Waals surface area contributed by atoms with Crippen molar-refractivity contribution in [1.82, 2.24) is 0 Å². The Labute approximate surface area is 130 Å². The van der Waals surface area contributed by atoms with E-state index in [0.29, 0.717) is 22.0 Å². The molecule has 1 rings (SSSR count). The van der Waals surface area contributed by atoms with E-state index in [2.05, 4.69) is 26.8 Å². The van der Waals surface area contributed by atoms with Crippen LogP contribution in [0, 0.1) is 22.7 Å². The zero-order valence-corrected chi connectivity index (χ0v) is 13.7. The van der Waals surface area contributed by atoms with Gasteiger partial charge in [-0.3, -0.25) is 4.79 Å². The molecule has 0 radical (unpaired) electrons. The van der Waals surface area contributed by atoms with E-state index >= 15 is 0 Å². The highest BCUT2D eigenvalue weighted by atomic mass is 35.5. The molecule has 108 valence electrons. The summed E-state index contributed by atoms with van der Waals surface area (Å²) < 4.78 is 0. The maximum Gasteiger partial charge on any atom is 0.154 e. The van der Waals surface area contributed by atoms with E-state index in [1.807, 2.05) is 6.92 Å². The van der Waals surface area contributed by atoms with E-state index in [9.17, 15) is 10.1 Å². The summed E-state index contributed by atoms with van der Waals surface area (Å²) in [4.78, 5) is 12.4. The maximum absolute atomic E-state index is 12.4. The molecular formula is C16H19Cl2NO. The van der Waals surface area contributed by atoms with Crippen molar-refractivity contribution < 1.29 is 4.79 Å². The van der Waals surface area contributed by atoms with Crippen molar-refractivity contribution in [3.8, 4) is 6.07 Å². The number of carbonyl (C=O) groups excluding carboxylic acids is 1. The highest BCUT2D eigenvalue weighted by molar-refractivity contribution is 6.35. The van der Waals surface area contributed by atoms with Crippen molar-refractivity contribution in [2.45, 2.75) is 40.0 Å². The molecule has 0 spiro atoms. The number of nitrogens with zero attached hydrogens (tertiary/aromatic N) is 1. The van der Waals surface area contributed by atoms with Gasteiger partial charge in [0, 0.05) is 16.5 Å². The van der Waals surface area contributed by atoms with Crippen LogP contribution in [0.1, 0.15) is 45.6 Å². The molecule has 2 atom stereocenters. The van der Waals surface area contributed by atoms with Crippen LogP contribution in [0.25, 0.3) is 0 Å². The topological polar surface area (TPSA) is 40.9 Å². The van der Waals surface area contributed by atoms with E-state index in [1.165, 1.54) is 0 Å². The average molecular weight is 312 g/mol. The third-order valence-corrected chi connectivity index (χ3v) is 4.27. The monoisotopic (exact) mass is 311 g/mol. The molecule has 4 heteroatoms. The van der Waals surface area contributed by atoms with E-state index < -0.39 is 5.92 Å². The first-order chi connectivity index (χ1) is 9.16.